The third-order valence-electron chi connectivity index (χ3n) is 10.4. The van der Waals surface area contributed by atoms with Gasteiger partial charge in [0.1, 0.15) is 0 Å². The molecule has 1 aromatic heterocycles. The number of rotatable bonds is 2. The van der Waals surface area contributed by atoms with Crippen LogP contribution in [0.25, 0.3) is 82.8 Å². The van der Waals surface area contributed by atoms with Crippen molar-refractivity contribution in [1.29, 1.82) is 0 Å². The highest BCUT2D eigenvalue weighted by atomic mass is 15.0. The Morgan fingerprint density at radius 1 is 0.386 bits per heavy atom. The zero-order chi connectivity index (χ0) is 29.2. The molecular weight excluding hydrogens is 530 g/mol. The molecule has 7 aromatic carbocycles. The Labute approximate surface area is 256 Å². The molecule has 0 saturated heterocycles. The number of hydrogen-bond donors (Lipinski definition) is 0. The van der Waals surface area contributed by atoms with Crippen molar-refractivity contribution in [3.63, 3.8) is 0 Å². The van der Waals surface area contributed by atoms with E-state index >= 15 is 0 Å². The first-order chi connectivity index (χ1) is 21.6. The molecule has 0 radical (unpaired) electrons. The first kappa shape index (κ1) is 24.1. The summed E-state index contributed by atoms with van der Waals surface area (Å²) in [4.78, 5) is 0. The van der Waals surface area contributed by atoms with Gasteiger partial charge in [0.25, 0.3) is 0 Å². The smallest absolute Gasteiger partial charge is 0.0544 e. The van der Waals surface area contributed by atoms with Crippen LogP contribution in [0.4, 0.5) is 0 Å². The second kappa shape index (κ2) is 8.36. The third kappa shape index (κ3) is 2.94. The molecule has 0 aliphatic heterocycles. The Kier molecular flexibility index (Phi) is 4.58. The second-order valence-corrected chi connectivity index (χ2v) is 12.9. The van der Waals surface area contributed by atoms with E-state index in [1.54, 1.807) is 0 Å². The van der Waals surface area contributed by atoms with Crippen LogP contribution in [0.3, 0.4) is 0 Å². The summed E-state index contributed by atoms with van der Waals surface area (Å²) in [7, 11) is 0. The topological polar surface area (TPSA) is 4.93 Å². The van der Waals surface area contributed by atoms with Crippen molar-refractivity contribution in [1.82, 2.24) is 4.57 Å². The molecule has 1 nitrogen and oxygen atoms in total. The lowest BCUT2D eigenvalue weighted by Gasteiger charge is -2.22. The van der Waals surface area contributed by atoms with Gasteiger partial charge in [-0.05, 0) is 85.1 Å². The summed E-state index contributed by atoms with van der Waals surface area (Å²) in [5.74, 6) is 0. The van der Waals surface area contributed by atoms with E-state index < -0.39 is 0 Å². The number of para-hydroxylation sites is 2. The molecule has 0 spiro atoms. The molecule has 2 aliphatic carbocycles. The average Bonchev–Trinajstić information content (AvgIpc) is 3.65. The maximum absolute atomic E-state index is 2.51. The van der Waals surface area contributed by atoms with Gasteiger partial charge in [-0.2, -0.15) is 0 Å². The Balaban J connectivity index is 1.28. The van der Waals surface area contributed by atoms with E-state index in [1.807, 2.05) is 0 Å². The highest BCUT2D eigenvalue weighted by Crippen LogP contribution is 2.52. The van der Waals surface area contributed by atoms with Gasteiger partial charge >= 0.3 is 0 Å². The van der Waals surface area contributed by atoms with Gasteiger partial charge < -0.3 is 4.57 Å². The van der Waals surface area contributed by atoms with Gasteiger partial charge in [0.05, 0.1) is 16.7 Å². The van der Waals surface area contributed by atoms with Gasteiger partial charge in [0.2, 0.25) is 0 Å². The number of aromatic nitrogens is 1. The van der Waals surface area contributed by atoms with Crippen LogP contribution < -0.4 is 0 Å². The van der Waals surface area contributed by atoms with Crippen LogP contribution in [0, 0.1) is 0 Å². The Hall–Kier alpha value is -5.40. The lowest BCUT2D eigenvalue weighted by Crippen LogP contribution is -2.15. The third-order valence-corrected chi connectivity index (χ3v) is 10.4. The fourth-order valence-electron chi connectivity index (χ4n) is 8.36. The van der Waals surface area contributed by atoms with Crippen LogP contribution in [-0.4, -0.2) is 4.57 Å². The molecule has 1 heteroatoms. The van der Waals surface area contributed by atoms with Crippen LogP contribution in [0.15, 0.2) is 140 Å². The maximum Gasteiger partial charge on any atom is 0.0544 e. The van der Waals surface area contributed by atoms with Crippen molar-refractivity contribution in [2.45, 2.75) is 19.3 Å². The molecular formula is C43H29N. The molecule has 10 rings (SSSR count). The van der Waals surface area contributed by atoms with Crippen LogP contribution >= 0.6 is 0 Å². The fourth-order valence-corrected chi connectivity index (χ4v) is 8.36. The van der Waals surface area contributed by atoms with E-state index in [1.165, 1.54) is 93.9 Å². The van der Waals surface area contributed by atoms with Crippen molar-refractivity contribution in [3.05, 3.63) is 151 Å². The predicted octanol–water partition coefficient (Wildman–Crippen LogP) is 11.6. The lowest BCUT2D eigenvalue weighted by molar-refractivity contribution is 0.661. The Morgan fingerprint density at radius 3 is 1.84 bits per heavy atom. The number of fused-ring (bicyclic) bond motifs is 9. The minimum atomic E-state index is -0.0619. The molecule has 0 unspecified atom stereocenters. The standard InChI is InChI=1S/C43H29N/c1-43(2)37-19-8-5-14-29(37)35-24-36-31-16-7-10-21-40(31)44(41(36)25-38(35)43)39-20-9-6-15-30(39)28-22-23-34-27-13-4-3-12-26(27)32-17-11-18-33(28)42(32)34/h3-25H,1-2H3. The monoisotopic (exact) mass is 559 g/mol. The SMILES string of the molecule is CC1(C)c2ccccc2-c2cc3c4ccccc4n(-c4ccccc4-c4ccc5c6c(cccc46)-c4ccccc4-5)c3cc21. The van der Waals surface area contributed by atoms with E-state index in [2.05, 4.69) is 158 Å². The summed E-state index contributed by atoms with van der Waals surface area (Å²) in [6.07, 6.45) is 0. The summed E-state index contributed by atoms with van der Waals surface area (Å²) < 4.78 is 2.51. The Bertz CT molecular complexity index is 2490. The molecule has 0 N–H and O–H groups in total. The summed E-state index contributed by atoms with van der Waals surface area (Å²) >= 11 is 0. The normalized spacial score (nSPS) is 13.9. The van der Waals surface area contributed by atoms with Crippen LogP contribution in [-0.2, 0) is 5.41 Å². The average molecular weight is 560 g/mol. The zero-order valence-corrected chi connectivity index (χ0v) is 24.7. The van der Waals surface area contributed by atoms with Crippen molar-refractivity contribution < 1.29 is 0 Å². The largest absolute Gasteiger partial charge is 0.309 e. The summed E-state index contributed by atoms with van der Waals surface area (Å²) in [6, 6.07) is 52.0. The van der Waals surface area contributed by atoms with Gasteiger partial charge in [-0.25, -0.2) is 0 Å². The molecule has 2 aliphatic rings. The lowest BCUT2D eigenvalue weighted by atomic mass is 9.82. The highest BCUT2D eigenvalue weighted by molar-refractivity contribution is 6.19. The molecule has 44 heavy (non-hydrogen) atoms. The summed E-state index contributed by atoms with van der Waals surface area (Å²) in [5, 5.41) is 5.26. The van der Waals surface area contributed by atoms with Crippen molar-refractivity contribution in [3.8, 4) is 50.2 Å². The van der Waals surface area contributed by atoms with E-state index in [4.69, 9.17) is 0 Å². The molecule has 0 amide bonds. The van der Waals surface area contributed by atoms with E-state index in [9.17, 15) is 0 Å². The molecule has 1 heterocycles. The summed E-state index contributed by atoms with van der Waals surface area (Å²) in [5.41, 5.74) is 17.0. The number of nitrogens with zero attached hydrogens (tertiary/aromatic N) is 1. The van der Waals surface area contributed by atoms with Crippen molar-refractivity contribution >= 4 is 32.6 Å². The van der Waals surface area contributed by atoms with E-state index in [-0.39, 0.29) is 5.41 Å². The second-order valence-electron chi connectivity index (χ2n) is 12.9. The van der Waals surface area contributed by atoms with Crippen LogP contribution in [0.5, 0.6) is 0 Å². The predicted molar refractivity (Wildman–Crippen MR) is 186 cm³/mol. The zero-order valence-electron chi connectivity index (χ0n) is 24.7. The quantitative estimate of drug-likeness (QED) is 0.198. The van der Waals surface area contributed by atoms with E-state index in [0.29, 0.717) is 0 Å². The van der Waals surface area contributed by atoms with Crippen LogP contribution in [0.1, 0.15) is 25.0 Å². The Morgan fingerprint density at radius 2 is 1.00 bits per heavy atom. The van der Waals surface area contributed by atoms with Crippen molar-refractivity contribution in [2.24, 2.45) is 0 Å². The first-order valence-electron chi connectivity index (χ1n) is 15.5. The highest BCUT2D eigenvalue weighted by Gasteiger charge is 2.36. The minimum Gasteiger partial charge on any atom is -0.309 e. The molecule has 0 fully saturated rings. The number of hydrogen-bond acceptors (Lipinski definition) is 0. The molecule has 8 aromatic rings. The minimum absolute atomic E-state index is 0.0619. The molecule has 0 bridgehead atoms. The molecule has 206 valence electrons. The van der Waals surface area contributed by atoms with Gasteiger partial charge in [-0.15, -0.1) is 0 Å². The van der Waals surface area contributed by atoms with Gasteiger partial charge in [-0.3, -0.25) is 0 Å². The summed E-state index contributed by atoms with van der Waals surface area (Å²) in [6.45, 7) is 4.74. The van der Waals surface area contributed by atoms with Crippen molar-refractivity contribution in [2.75, 3.05) is 0 Å². The first-order valence-corrected chi connectivity index (χ1v) is 15.5. The fraction of sp³-hybridized carbons (Fsp3) is 0.0698. The van der Waals surface area contributed by atoms with Crippen LogP contribution in [0.2, 0.25) is 0 Å². The number of benzene rings is 7. The maximum atomic E-state index is 2.51. The van der Waals surface area contributed by atoms with Gasteiger partial charge in [0.15, 0.2) is 0 Å². The molecule has 0 saturated carbocycles. The molecule has 0 atom stereocenters. The van der Waals surface area contributed by atoms with E-state index in [0.717, 1.165) is 0 Å². The van der Waals surface area contributed by atoms with Gasteiger partial charge in [-0.1, -0.05) is 129 Å². The van der Waals surface area contributed by atoms with Gasteiger partial charge in [0, 0.05) is 21.8 Å².